The van der Waals surface area contributed by atoms with Crippen LogP contribution in [0.15, 0.2) is 42.5 Å². The molecule has 2 bridgehead atoms. The maximum Gasteiger partial charge on any atom is 0.222 e. The van der Waals surface area contributed by atoms with Gasteiger partial charge in [-0.3, -0.25) is 4.79 Å². The topological polar surface area (TPSA) is 32.3 Å². The Bertz CT molecular complexity index is 736. The first-order valence-corrected chi connectivity index (χ1v) is 9.15. The molecule has 2 aromatic carbocycles. The summed E-state index contributed by atoms with van der Waals surface area (Å²) in [7, 11) is 1.94. The second-order valence-corrected chi connectivity index (χ2v) is 7.61. The number of carbonyl (C=O) groups is 1. The van der Waals surface area contributed by atoms with Crippen molar-refractivity contribution in [2.24, 2.45) is 5.92 Å². The van der Waals surface area contributed by atoms with Gasteiger partial charge in [0.2, 0.25) is 5.91 Å². The summed E-state index contributed by atoms with van der Waals surface area (Å²) in [6, 6.07) is 16.2. The number of halogens is 1. The van der Waals surface area contributed by atoms with E-state index in [1.807, 2.05) is 11.9 Å². The van der Waals surface area contributed by atoms with Crippen LogP contribution in [-0.2, 0) is 11.3 Å². The van der Waals surface area contributed by atoms with Gasteiger partial charge in [-0.05, 0) is 54.0 Å². The van der Waals surface area contributed by atoms with Crippen LogP contribution in [0.5, 0.6) is 0 Å². The van der Waals surface area contributed by atoms with Crippen molar-refractivity contribution < 1.29 is 4.79 Å². The number of benzene rings is 2. The zero-order valence-corrected chi connectivity index (χ0v) is 15.6. The minimum Gasteiger partial charge on any atom is -0.341 e. The number of hydrogen-bond acceptors (Lipinski definition) is 2. The lowest BCUT2D eigenvalue weighted by Crippen LogP contribution is -2.39. The third-order valence-electron chi connectivity index (χ3n) is 5.69. The van der Waals surface area contributed by atoms with Gasteiger partial charge >= 0.3 is 0 Å². The smallest absolute Gasteiger partial charge is 0.222 e. The van der Waals surface area contributed by atoms with E-state index in [9.17, 15) is 4.79 Å². The minimum atomic E-state index is 0. The Morgan fingerprint density at radius 1 is 1.08 bits per heavy atom. The number of nitrogens with one attached hydrogen (secondary N) is 1. The summed E-state index contributed by atoms with van der Waals surface area (Å²) < 4.78 is 0. The first-order valence-electron chi connectivity index (χ1n) is 9.15. The second kappa shape index (κ2) is 7.76. The van der Waals surface area contributed by atoms with Crippen LogP contribution in [0, 0.1) is 5.92 Å². The van der Waals surface area contributed by atoms with Gasteiger partial charge in [0.05, 0.1) is 0 Å². The first kappa shape index (κ1) is 18.2. The van der Waals surface area contributed by atoms with Crippen molar-refractivity contribution in [1.29, 1.82) is 0 Å². The molecule has 2 aliphatic heterocycles. The van der Waals surface area contributed by atoms with Crippen LogP contribution in [0.3, 0.4) is 0 Å². The fourth-order valence-electron chi connectivity index (χ4n) is 4.44. The third kappa shape index (κ3) is 4.16. The largest absolute Gasteiger partial charge is 0.341 e. The molecule has 0 radical (unpaired) electrons. The molecule has 0 aliphatic carbocycles. The van der Waals surface area contributed by atoms with Crippen LogP contribution in [0.2, 0.25) is 0 Å². The van der Waals surface area contributed by atoms with E-state index in [2.05, 4.69) is 47.8 Å². The fraction of sp³-hybridized carbons (Fsp3) is 0.476. The Morgan fingerprint density at radius 3 is 2.48 bits per heavy atom. The summed E-state index contributed by atoms with van der Waals surface area (Å²) >= 11 is 0. The van der Waals surface area contributed by atoms with Crippen molar-refractivity contribution in [3.63, 3.8) is 0 Å². The molecule has 2 atom stereocenters. The Balaban J connectivity index is 0.00000182. The number of rotatable bonds is 4. The molecule has 2 saturated heterocycles. The molecular weight excluding hydrogens is 332 g/mol. The monoisotopic (exact) mass is 358 g/mol. The van der Waals surface area contributed by atoms with E-state index in [0.717, 1.165) is 0 Å². The van der Waals surface area contributed by atoms with Gasteiger partial charge in [-0.15, -0.1) is 12.4 Å². The summed E-state index contributed by atoms with van der Waals surface area (Å²) in [6.07, 6.45) is 5.64. The van der Waals surface area contributed by atoms with E-state index in [-0.39, 0.29) is 18.3 Å². The highest BCUT2D eigenvalue weighted by molar-refractivity contribution is 5.85. The number of fused-ring (bicyclic) bond motifs is 3. The minimum absolute atomic E-state index is 0. The van der Waals surface area contributed by atoms with Gasteiger partial charge in [0, 0.05) is 32.1 Å². The summed E-state index contributed by atoms with van der Waals surface area (Å²) in [6.45, 7) is 0.696. The predicted octanol–water partition coefficient (Wildman–Crippen LogP) is 4.14. The Kier molecular flexibility index (Phi) is 5.65. The molecule has 0 aromatic heterocycles. The zero-order chi connectivity index (χ0) is 16.5. The van der Waals surface area contributed by atoms with Gasteiger partial charge < -0.3 is 10.2 Å². The fourth-order valence-corrected chi connectivity index (χ4v) is 4.44. The van der Waals surface area contributed by atoms with Crippen molar-refractivity contribution >= 4 is 29.1 Å². The molecule has 2 aliphatic rings. The molecule has 1 N–H and O–H groups in total. The molecular formula is C21H27ClN2O. The lowest BCUT2D eigenvalue weighted by molar-refractivity contribution is -0.131. The number of piperidine rings is 1. The van der Waals surface area contributed by atoms with E-state index >= 15 is 0 Å². The highest BCUT2D eigenvalue weighted by atomic mass is 35.5. The Morgan fingerprint density at radius 2 is 1.76 bits per heavy atom. The van der Waals surface area contributed by atoms with Crippen LogP contribution in [0.25, 0.3) is 10.8 Å². The van der Waals surface area contributed by atoms with E-state index in [1.165, 1.54) is 42.0 Å². The van der Waals surface area contributed by atoms with Crippen molar-refractivity contribution in [2.45, 2.75) is 50.7 Å². The van der Waals surface area contributed by atoms with Crippen LogP contribution in [-0.4, -0.2) is 29.9 Å². The second-order valence-electron chi connectivity index (χ2n) is 7.61. The number of nitrogens with zero attached hydrogens (tertiary/aromatic N) is 1. The zero-order valence-electron chi connectivity index (χ0n) is 14.8. The molecule has 3 nitrogen and oxygen atoms in total. The van der Waals surface area contributed by atoms with Crippen LogP contribution < -0.4 is 5.32 Å². The van der Waals surface area contributed by atoms with Crippen molar-refractivity contribution in [3.8, 4) is 0 Å². The number of hydrogen-bond donors (Lipinski definition) is 1. The lowest BCUT2D eigenvalue weighted by atomic mass is 9.89. The van der Waals surface area contributed by atoms with Gasteiger partial charge in [0.1, 0.15) is 0 Å². The standard InChI is InChI=1S/C21H26N2O.ClH/c1-23(14-15-6-7-17-4-2-3-5-18(17)10-15)21(24)13-16-11-19-8-9-20(12-16)22-19;/h2-7,10,16,19-20,22H,8-9,11-14H2,1H3;1H. The first-order chi connectivity index (χ1) is 11.7. The maximum absolute atomic E-state index is 12.6. The van der Waals surface area contributed by atoms with Gasteiger partial charge in [-0.2, -0.15) is 0 Å². The summed E-state index contributed by atoms with van der Waals surface area (Å²) in [4.78, 5) is 14.5. The van der Waals surface area contributed by atoms with Gasteiger partial charge in [0.15, 0.2) is 0 Å². The van der Waals surface area contributed by atoms with Crippen LogP contribution in [0.4, 0.5) is 0 Å². The van der Waals surface area contributed by atoms with Crippen molar-refractivity contribution in [2.75, 3.05) is 7.05 Å². The van der Waals surface area contributed by atoms with Crippen molar-refractivity contribution in [1.82, 2.24) is 10.2 Å². The third-order valence-corrected chi connectivity index (χ3v) is 5.69. The summed E-state index contributed by atoms with van der Waals surface area (Å²) in [5.41, 5.74) is 1.20. The molecule has 25 heavy (non-hydrogen) atoms. The number of carbonyl (C=O) groups excluding carboxylic acids is 1. The lowest BCUT2D eigenvalue weighted by Gasteiger charge is -2.30. The SMILES string of the molecule is CN(Cc1ccc2ccccc2c1)C(=O)CC1CC2CCC(C1)N2.Cl. The van der Waals surface area contributed by atoms with Crippen LogP contribution >= 0.6 is 12.4 Å². The summed E-state index contributed by atoms with van der Waals surface area (Å²) in [5, 5.41) is 6.15. The molecule has 2 heterocycles. The summed E-state index contributed by atoms with van der Waals surface area (Å²) in [5.74, 6) is 0.852. The Labute approximate surface area is 156 Å². The average molecular weight is 359 g/mol. The predicted molar refractivity (Wildman–Crippen MR) is 105 cm³/mol. The maximum atomic E-state index is 12.6. The average Bonchev–Trinajstić information content (AvgIpc) is 2.93. The molecule has 134 valence electrons. The van der Waals surface area contributed by atoms with Gasteiger partial charge in [0.25, 0.3) is 0 Å². The highest BCUT2D eigenvalue weighted by Gasteiger charge is 2.34. The van der Waals surface area contributed by atoms with Gasteiger partial charge in [-0.1, -0.05) is 36.4 Å². The normalized spacial score (nSPS) is 24.8. The quantitative estimate of drug-likeness (QED) is 0.890. The van der Waals surface area contributed by atoms with Crippen molar-refractivity contribution in [3.05, 3.63) is 48.0 Å². The molecule has 1 amide bonds. The molecule has 2 aromatic rings. The van der Waals surface area contributed by atoms with Crippen LogP contribution in [0.1, 0.15) is 37.7 Å². The number of amides is 1. The van der Waals surface area contributed by atoms with E-state index in [1.54, 1.807) is 0 Å². The molecule has 4 heteroatoms. The molecule has 0 spiro atoms. The van der Waals surface area contributed by atoms with E-state index < -0.39 is 0 Å². The molecule has 2 unspecified atom stereocenters. The van der Waals surface area contributed by atoms with Gasteiger partial charge in [-0.25, -0.2) is 0 Å². The Hall–Kier alpha value is -1.58. The molecule has 2 fully saturated rings. The molecule has 4 rings (SSSR count). The van der Waals surface area contributed by atoms with E-state index in [0.29, 0.717) is 31.0 Å². The molecule has 0 saturated carbocycles. The van der Waals surface area contributed by atoms with E-state index in [4.69, 9.17) is 0 Å². The highest BCUT2D eigenvalue weighted by Crippen LogP contribution is 2.33.